The van der Waals surface area contributed by atoms with Crippen LogP contribution in [0.1, 0.15) is 0 Å². The van der Waals surface area contributed by atoms with Gasteiger partial charge in [0.05, 0.1) is 11.3 Å². The molecular formula is C22H14BN2OS. The van der Waals surface area contributed by atoms with Gasteiger partial charge in [-0.2, -0.15) is 0 Å². The molecule has 2 N–H and O–H groups in total. The van der Waals surface area contributed by atoms with Crippen molar-refractivity contribution in [3.05, 3.63) is 72.8 Å². The number of fused-ring (bicyclic) bond motifs is 6. The summed E-state index contributed by atoms with van der Waals surface area (Å²) in [7, 11) is 2.07. The molecule has 127 valence electrons. The van der Waals surface area contributed by atoms with E-state index in [1.807, 2.05) is 24.3 Å². The number of benzene rings is 3. The zero-order valence-corrected chi connectivity index (χ0v) is 15.2. The standard InChI is InChI=1S/C22H14BN2OS/c24-20-15-9-3-6-12-18(15)27-22(20)25-16-10-4-1-7-13(16)19-14-8-2-5-11-17(14)26-21(19)23-25/h1-12H,24H2. The molecule has 0 saturated carbocycles. The summed E-state index contributed by atoms with van der Waals surface area (Å²) in [4.78, 5) is 2.17. The molecule has 1 aliphatic heterocycles. The van der Waals surface area contributed by atoms with Crippen molar-refractivity contribution in [2.45, 2.75) is 0 Å². The van der Waals surface area contributed by atoms with Crippen LogP contribution in [0.25, 0.3) is 32.2 Å². The van der Waals surface area contributed by atoms with Crippen LogP contribution in [-0.4, -0.2) is 7.41 Å². The van der Waals surface area contributed by atoms with Crippen molar-refractivity contribution >= 4 is 61.8 Å². The van der Waals surface area contributed by atoms with Gasteiger partial charge < -0.3 is 15.0 Å². The van der Waals surface area contributed by atoms with E-state index < -0.39 is 0 Å². The fraction of sp³-hybridized carbons (Fsp3) is 0. The first kappa shape index (κ1) is 14.9. The predicted molar refractivity (Wildman–Crippen MR) is 115 cm³/mol. The second-order valence-electron chi connectivity index (χ2n) is 6.67. The molecule has 0 spiro atoms. The smallest absolute Gasteiger partial charge is 0.339 e. The largest absolute Gasteiger partial charge is 0.469 e. The molecule has 3 heterocycles. The molecule has 5 heteroatoms. The number of nitrogens with zero attached hydrogens (tertiary/aromatic N) is 1. The van der Waals surface area contributed by atoms with Crippen LogP contribution in [0.4, 0.5) is 16.4 Å². The van der Waals surface area contributed by atoms with E-state index >= 15 is 0 Å². The molecule has 2 aromatic heterocycles. The molecule has 3 nitrogen and oxygen atoms in total. The first-order chi connectivity index (χ1) is 13.3. The number of rotatable bonds is 1. The van der Waals surface area contributed by atoms with Gasteiger partial charge in [-0.15, -0.1) is 11.3 Å². The van der Waals surface area contributed by atoms with Crippen LogP contribution in [0.2, 0.25) is 0 Å². The van der Waals surface area contributed by atoms with E-state index in [2.05, 4.69) is 60.8 Å². The Balaban J connectivity index is 1.63. The Morgan fingerprint density at radius 2 is 1.59 bits per heavy atom. The maximum absolute atomic E-state index is 6.54. The highest BCUT2D eigenvalue weighted by Crippen LogP contribution is 2.47. The molecule has 0 saturated heterocycles. The monoisotopic (exact) mass is 365 g/mol. The second-order valence-corrected chi connectivity index (χ2v) is 7.70. The molecule has 5 aromatic rings. The molecule has 0 bridgehead atoms. The van der Waals surface area contributed by atoms with Gasteiger partial charge in [0.1, 0.15) is 10.6 Å². The van der Waals surface area contributed by atoms with Gasteiger partial charge in [-0.05, 0) is 18.2 Å². The Bertz CT molecular complexity index is 1340. The Morgan fingerprint density at radius 1 is 0.852 bits per heavy atom. The van der Waals surface area contributed by atoms with E-state index in [-0.39, 0.29) is 0 Å². The summed E-state index contributed by atoms with van der Waals surface area (Å²) in [5.41, 5.74) is 12.6. The molecular weight excluding hydrogens is 351 g/mol. The molecule has 1 aliphatic rings. The minimum Gasteiger partial charge on any atom is -0.469 e. The van der Waals surface area contributed by atoms with Crippen molar-refractivity contribution in [1.82, 2.24) is 0 Å². The highest BCUT2D eigenvalue weighted by atomic mass is 32.1. The highest BCUT2D eigenvalue weighted by Gasteiger charge is 2.31. The van der Waals surface area contributed by atoms with Crippen molar-refractivity contribution in [3.63, 3.8) is 0 Å². The number of para-hydroxylation sites is 2. The number of anilines is 3. The fourth-order valence-electron chi connectivity index (χ4n) is 3.91. The summed E-state index contributed by atoms with van der Waals surface area (Å²) in [5, 5.41) is 3.26. The third-order valence-corrected chi connectivity index (χ3v) is 6.32. The minimum absolute atomic E-state index is 0.807. The molecule has 0 aliphatic carbocycles. The third-order valence-electron chi connectivity index (χ3n) is 5.14. The average molecular weight is 365 g/mol. The topological polar surface area (TPSA) is 42.4 Å². The van der Waals surface area contributed by atoms with E-state index in [0.29, 0.717) is 0 Å². The fourth-order valence-corrected chi connectivity index (χ4v) is 5.03. The Kier molecular flexibility index (Phi) is 2.99. The zero-order valence-electron chi connectivity index (χ0n) is 14.3. The van der Waals surface area contributed by atoms with Crippen LogP contribution in [0.15, 0.2) is 77.2 Å². The van der Waals surface area contributed by atoms with Gasteiger partial charge in [-0.1, -0.05) is 54.6 Å². The summed E-state index contributed by atoms with van der Waals surface area (Å²) < 4.78 is 7.37. The summed E-state index contributed by atoms with van der Waals surface area (Å²) in [6.45, 7) is 0. The van der Waals surface area contributed by atoms with E-state index in [4.69, 9.17) is 10.2 Å². The van der Waals surface area contributed by atoms with Gasteiger partial charge in [0, 0.05) is 32.3 Å². The van der Waals surface area contributed by atoms with Gasteiger partial charge >= 0.3 is 7.41 Å². The van der Waals surface area contributed by atoms with E-state index in [0.717, 1.165) is 49.5 Å². The highest BCUT2D eigenvalue weighted by molar-refractivity contribution is 7.24. The molecule has 1 radical (unpaired) electrons. The number of furan rings is 1. The third kappa shape index (κ3) is 2.03. The quantitative estimate of drug-likeness (QED) is 0.410. The average Bonchev–Trinajstić information content (AvgIpc) is 3.25. The van der Waals surface area contributed by atoms with E-state index in [1.165, 1.54) is 4.70 Å². The molecule has 0 atom stereocenters. The Hall–Kier alpha value is -3.18. The van der Waals surface area contributed by atoms with Gasteiger partial charge in [0.25, 0.3) is 0 Å². The van der Waals surface area contributed by atoms with Gasteiger partial charge in [0.2, 0.25) is 0 Å². The van der Waals surface area contributed by atoms with Crippen molar-refractivity contribution in [2.24, 2.45) is 0 Å². The Morgan fingerprint density at radius 3 is 2.48 bits per heavy atom. The lowest BCUT2D eigenvalue weighted by Crippen LogP contribution is -2.36. The van der Waals surface area contributed by atoms with Crippen LogP contribution >= 0.6 is 11.3 Å². The lowest BCUT2D eigenvalue weighted by molar-refractivity contribution is 0.652. The van der Waals surface area contributed by atoms with Crippen molar-refractivity contribution < 1.29 is 4.42 Å². The SMILES string of the molecule is Nc1c(N2[B]c3oc4ccccc4c3-c3ccccc32)sc2ccccc12. The first-order valence-corrected chi connectivity index (χ1v) is 9.65. The number of hydrogen-bond acceptors (Lipinski definition) is 4. The lowest BCUT2D eigenvalue weighted by atomic mass is 9.76. The van der Waals surface area contributed by atoms with E-state index in [9.17, 15) is 0 Å². The van der Waals surface area contributed by atoms with Crippen LogP contribution in [0.5, 0.6) is 0 Å². The summed E-state index contributed by atoms with van der Waals surface area (Å²) in [6.07, 6.45) is 0. The van der Waals surface area contributed by atoms with Gasteiger partial charge in [-0.3, -0.25) is 0 Å². The summed E-state index contributed by atoms with van der Waals surface area (Å²) in [6, 6.07) is 24.9. The van der Waals surface area contributed by atoms with Gasteiger partial charge in [-0.25, -0.2) is 0 Å². The minimum atomic E-state index is 0.807. The van der Waals surface area contributed by atoms with Crippen LogP contribution in [-0.2, 0) is 0 Å². The number of nitrogens with two attached hydrogens (primary N) is 1. The van der Waals surface area contributed by atoms with Gasteiger partial charge in [0.15, 0.2) is 0 Å². The van der Waals surface area contributed by atoms with Crippen molar-refractivity contribution in [3.8, 4) is 11.1 Å². The second kappa shape index (κ2) is 5.41. The molecule has 0 unspecified atom stereocenters. The maximum Gasteiger partial charge on any atom is 0.339 e. The maximum atomic E-state index is 6.54. The molecule has 27 heavy (non-hydrogen) atoms. The van der Waals surface area contributed by atoms with Crippen LogP contribution in [0.3, 0.4) is 0 Å². The number of nitrogen functional groups attached to an aromatic ring is 1. The molecule has 0 amide bonds. The summed E-state index contributed by atoms with van der Waals surface area (Å²) >= 11 is 1.70. The van der Waals surface area contributed by atoms with Crippen LogP contribution < -0.4 is 16.2 Å². The molecule has 6 rings (SSSR count). The predicted octanol–water partition coefficient (Wildman–Crippen LogP) is 5.29. The molecule has 3 aromatic carbocycles. The van der Waals surface area contributed by atoms with Crippen molar-refractivity contribution in [2.75, 3.05) is 10.5 Å². The normalized spacial score (nSPS) is 12.8. The van der Waals surface area contributed by atoms with Crippen LogP contribution in [0, 0.1) is 0 Å². The zero-order chi connectivity index (χ0) is 18.0. The lowest BCUT2D eigenvalue weighted by Gasteiger charge is -2.29. The first-order valence-electron chi connectivity index (χ1n) is 8.83. The molecule has 0 fully saturated rings. The number of thiophene rings is 1. The Labute approximate surface area is 160 Å². The number of hydrogen-bond donors (Lipinski definition) is 1. The van der Waals surface area contributed by atoms with Crippen molar-refractivity contribution in [1.29, 1.82) is 0 Å². The summed E-state index contributed by atoms with van der Waals surface area (Å²) in [5.74, 6) is 0. The van der Waals surface area contributed by atoms with E-state index in [1.54, 1.807) is 11.3 Å².